The van der Waals surface area contributed by atoms with Crippen molar-refractivity contribution in [3.8, 4) is 0 Å². The predicted octanol–water partition coefficient (Wildman–Crippen LogP) is 3.79. The number of aromatic nitrogens is 1. The van der Waals surface area contributed by atoms with E-state index in [9.17, 15) is 13.2 Å². The molecule has 0 radical (unpaired) electrons. The van der Waals surface area contributed by atoms with E-state index in [4.69, 9.17) is 0 Å². The predicted molar refractivity (Wildman–Crippen MR) is 91.3 cm³/mol. The maximum absolute atomic E-state index is 13.2. The molecule has 134 valence electrons. The monoisotopic (exact) mass is 349 g/mol. The first-order valence-corrected chi connectivity index (χ1v) is 8.49. The second kappa shape index (κ2) is 7.54. The first kappa shape index (κ1) is 17.9. The highest BCUT2D eigenvalue weighted by molar-refractivity contribution is 5.38. The fourth-order valence-electron chi connectivity index (χ4n) is 3.39. The molecule has 0 amide bonds. The molecule has 1 aromatic carbocycles. The quantitative estimate of drug-likeness (QED) is 0.914. The molecule has 1 unspecified atom stereocenters. The number of aryl methyl sites for hydroxylation is 1. The Labute approximate surface area is 145 Å². The van der Waals surface area contributed by atoms with E-state index in [-0.39, 0.29) is 6.04 Å². The molecule has 0 aliphatic carbocycles. The van der Waals surface area contributed by atoms with Crippen molar-refractivity contribution in [2.24, 2.45) is 0 Å². The molecule has 2 aromatic rings. The van der Waals surface area contributed by atoms with Gasteiger partial charge in [0, 0.05) is 32.0 Å². The van der Waals surface area contributed by atoms with Crippen LogP contribution in [0.1, 0.15) is 34.7 Å². The lowest BCUT2D eigenvalue weighted by Gasteiger charge is -2.32. The van der Waals surface area contributed by atoms with Gasteiger partial charge in [0.25, 0.3) is 0 Å². The summed E-state index contributed by atoms with van der Waals surface area (Å²) in [6.45, 7) is 5.36. The first-order chi connectivity index (χ1) is 12.0. The molecule has 1 aromatic heterocycles. The standard InChI is InChI=1S/C19H22F3N3/c1-14-13-24-8-6-17(14)18(25-10-3-7-23-9-11-25)15-4-2-5-16(12-15)19(20,21)22/h2,4-6,8,12-13,18,23H,3,7,9-11H2,1H3. The van der Waals surface area contributed by atoms with Gasteiger partial charge in [-0.15, -0.1) is 0 Å². The van der Waals surface area contributed by atoms with Gasteiger partial charge in [0.15, 0.2) is 0 Å². The molecule has 0 bridgehead atoms. The van der Waals surface area contributed by atoms with Crippen molar-refractivity contribution < 1.29 is 13.2 Å². The summed E-state index contributed by atoms with van der Waals surface area (Å²) in [5, 5.41) is 3.35. The van der Waals surface area contributed by atoms with Gasteiger partial charge >= 0.3 is 6.18 Å². The fourth-order valence-corrected chi connectivity index (χ4v) is 3.39. The van der Waals surface area contributed by atoms with Gasteiger partial charge in [0.05, 0.1) is 11.6 Å². The van der Waals surface area contributed by atoms with Crippen LogP contribution in [0.2, 0.25) is 0 Å². The van der Waals surface area contributed by atoms with Crippen LogP contribution in [0.3, 0.4) is 0 Å². The van der Waals surface area contributed by atoms with Gasteiger partial charge in [-0.25, -0.2) is 0 Å². The fraction of sp³-hybridized carbons (Fsp3) is 0.421. The zero-order chi connectivity index (χ0) is 17.9. The molecule has 3 rings (SSSR count). The number of hydrogen-bond donors (Lipinski definition) is 1. The highest BCUT2D eigenvalue weighted by Gasteiger charge is 2.32. The number of nitrogens with zero attached hydrogens (tertiary/aromatic N) is 2. The third-order valence-corrected chi connectivity index (χ3v) is 4.63. The molecule has 1 saturated heterocycles. The van der Waals surface area contributed by atoms with E-state index < -0.39 is 11.7 Å². The molecule has 25 heavy (non-hydrogen) atoms. The Kier molecular flexibility index (Phi) is 5.39. The minimum Gasteiger partial charge on any atom is -0.315 e. The Balaban J connectivity index is 2.06. The summed E-state index contributed by atoms with van der Waals surface area (Å²) >= 11 is 0. The smallest absolute Gasteiger partial charge is 0.315 e. The van der Waals surface area contributed by atoms with Gasteiger partial charge in [0.1, 0.15) is 0 Å². The molecular formula is C19H22F3N3. The van der Waals surface area contributed by atoms with E-state index in [0.29, 0.717) is 5.56 Å². The van der Waals surface area contributed by atoms with Crippen LogP contribution >= 0.6 is 0 Å². The number of alkyl halides is 3. The summed E-state index contributed by atoms with van der Waals surface area (Å²) in [6.07, 6.45) is 0.110. The van der Waals surface area contributed by atoms with Crippen LogP contribution < -0.4 is 5.32 Å². The minimum absolute atomic E-state index is 0.204. The molecule has 3 nitrogen and oxygen atoms in total. The molecule has 0 spiro atoms. The maximum atomic E-state index is 13.2. The normalized spacial score (nSPS) is 17.9. The van der Waals surface area contributed by atoms with Crippen LogP contribution in [0.5, 0.6) is 0 Å². The second-order valence-electron chi connectivity index (χ2n) is 6.40. The van der Waals surface area contributed by atoms with Crippen LogP contribution in [-0.2, 0) is 6.18 Å². The number of pyridine rings is 1. The Bertz CT molecular complexity index is 707. The van der Waals surface area contributed by atoms with Gasteiger partial charge < -0.3 is 5.32 Å². The van der Waals surface area contributed by atoms with Crippen molar-refractivity contribution in [3.05, 3.63) is 65.0 Å². The lowest BCUT2D eigenvalue weighted by Crippen LogP contribution is -2.33. The Hall–Kier alpha value is -1.92. The molecule has 1 fully saturated rings. The molecule has 1 atom stereocenters. The second-order valence-corrected chi connectivity index (χ2v) is 6.40. The minimum atomic E-state index is -4.34. The third kappa shape index (κ3) is 4.19. The highest BCUT2D eigenvalue weighted by atomic mass is 19.4. The zero-order valence-corrected chi connectivity index (χ0v) is 14.2. The van der Waals surface area contributed by atoms with E-state index in [0.717, 1.165) is 49.8 Å². The van der Waals surface area contributed by atoms with Crippen LogP contribution in [0.4, 0.5) is 13.2 Å². The summed E-state index contributed by atoms with van der Waals surface area (Å²) in [5.74, 6) is 0. The van der Waals surface area contributed by atoms with E-state index in [1.54, 1.807) is 18.5 Å². The van der Waals surface area contributed by atoms with E-state index in [1.807, 2.05) is 13.0 Å². The van der Waals surface area contributed by atoms with Gasteiger partial charge in [-0.1, -0.05) is 12.1 Å². The van der Waals surface area contributed by atoms with Gasteiger partial charge in [-0.3, -0.25) is 9.88 Å². The van der Waals surface area contributed by atoms with Crippen molar-refractivity contribution in [2.75, 3.05) is 26.2 Å². The molecule has 0 saturated carbocycles. The molecule has 6 heteroatoms. The number of nitrogens with one attached hydrogen (secondary N) is 1. The number of hydrogen-bond acceptors (Lipinski definition) is 3. The molecule has 1 aliphatic rings. The summed E-state index contributed by atoms with van der Waals surface area (Å²) < 4.78 is 39.6. The number of benzene rings is 1. The largest absolute Gasteiger partial charge is 0.416 e. The zero-order valence-electron chi connectivity index (χ0n) is 14.2. The Morgan fingerprint density at radius 2 is 2.00 bits per heavy atom. The van der Waals surface area contributed by atoms with Crippen molar-refractivity contribution in [2.45, 2.75) is 25.6 Å². The average Bonchev–Trinajstić information content (AvgIpc) is 2.86. The summed E-state index contributed by atoms with van der Waals surface area (Å²) in [7, 11) is 0. The first-order valence-electron chi connectivity index (χ1n) is 8.49. The van der Waals surface area contributed by atoms with Crippen molar-refractivity contribution in [3.63, 3.8) is 0 Å². The highest BCUT2D eigenvalue weighted by Crippen LogP contribution is 2.35. The van der Waals surface area contributed by atoms with Crippen LogP contribution in [0.25, 0.3) is 0 Å². The van der Waals surface area contributed by atoms with Crippen molar-refractivity contribution in [1.82, 2.24) is 15.2 Å². The van der Waals surface area contributed by atoms with Gasteiger partial charge in [0.2, 0.25) is 0 Å². The summed E-state index contributed by atoms with van der Waals surface area (Å²) in [4.78, 5) is 6.39. The summed E-state index contributed by atoms with van der Waals surface area (Å²) in [5.41, 5.74) is 2.07. The van der Waals surface area contributed by atoms with Gasteiger partial charge in [-0.2, -0.15) is 13.2 Å². The average molecular weight is 349 g/mol. The molecule has 1 aliphatic heterocycles. The van der Waals surface area contributed by atoms with Crippen molar-refractivity contribution in [1.29, 1.82) is 0 Å². The Morgan fingerprint density at radius 1 is 1.16 bits per heavy atom. The SMILES string of the molecule is Cc1cnccc1C(c1cccc(C(F)(F)F)c1)N1CCCNCC1. The Morgan fingerprint density at radius 3 is 2.76 bits per heavy atom. The van der Waals surface area contributed by atoms with E-state index in [1.165, 1.54) is 12.1 Å². The molecular weight excluding hydrogens is 327 g/mol. The topological polar surface area (TPSA) is 28.2 Å². The van der Waals surface area contributed by atoms with Crippen molar-refractivity contribution >= 4 is 0 Å². The van der Waals surface area contributed by atoms with Crippen LogP contribution in [0, 0.1) is 6.92 Å². The van der Waals surface area contributed by atoms with E-state index in [2.05, 4.69) is 15.2 Å². The maximum Gasteiger partial charge on any atom is 0.416 e. The lowest BCUT2D eigenvalue weighted by molar-refractivity contribution is -0.137. The summed E-state index contributed by atoms with van der Waals surface area (Å²) in [6, 6.07) is 7.41. The number of halogens is 3. The van der Waals surface area contributed by atoms with Gasteiger partial charge in [-0.05, 0) is 54.8 Å². The molecule has 2 heterocycles. The van der Waals surface area contributed by atoms with Crippen LogP contribution in [-0.4, -0.2) is 36.1 Å². The van der Waals surface area contributed by atoms with E-state index >= 15 is 0 Å². The lowest BCUT2D eigenvalue weighted by atomic mass is 9.93. The molecule has 1 N–H and O–H groups in total. The third-order valence-electron chi connectivity index (χ3n) is 4.63. The number of rotatable bonds is 3. The van der Waals surface area contributed by atoms with Crippen LogP contribution in [0.15, 0.2) is 42.7 Å².